The van der Waals surface area contributed by atoms with Crippen LogP contribution in [-0.4, -0.2) is 27.2 Å². The van der Waals surface area contributed by atoms with E-state index in [9.17, 15) is 0 Å². The highest BCUT2D eigenvalue weighted by Gasteiger charge is 1.93. The van der Waals surface area contributed by atoms with Crippen molar-refractivity contribution in [2.24, 2.45) is 0 Å². The molecular weight excluding hydrogens is 106 g/mol. The van der Waals surface area contributed by atoms with E-state index in [1.165, 1.54) is 0 Å². The summed E-state index contributed by atoms with van der Waals surface area (Å²) >= 11 is 0. The van der Waals surface area contributed by atoms with Gasteiger partial charge in [-0.2, -0.15) is 5.21 Å². The Bertz CT molecular complexity index is 133. The molecule has 0 fully saturated rings. The quantitative estimate of drug-likeness (QED) is 0.465. The maximum absolute atomic E-state index is 3.72. The number of hydrogen-bond donors (Lipinski definition) is 2. The number of tetrazole rings is 1. The highest BCUT2D eigenvalue weighted by atomic mass is 15.5. The van der Waals surface area contributed by atoms with Crippen molar-refractivity contribution in [2.45, 2.75) is 6.42 Å². The van der Waals surface area contributed by atoms with Gasteiger partial charge in [0.1, 0.15) is 0 Å². The molecule has 0 aliphatic rings. The second-order valence-corrected chi connectivity index (χ2v) is 1.43. The van der Waals surface area contributed by atoms with Crippen LogP contribution in [0.5, 0.6) is 0 Å². The molecule has 1 aromatic heterocycles. The van der Waals surface area contributed by atoms with Gasteiger partial charge in [0.05, 0.1) is 13.0 Å². The van der Waals surface area contributed by atoms with E-state index >= 15 is 0 Å². The highest BCUT2D eigenvalue weighted by molar-refractivity contribution is 4.73. The van der Waals surface area contributed by atoms with Gasteiger partial charge in [0.25, 0.3) is 0 Å². The highest BCUT2D eigenvalue weighted by Crippen LogP contribution is 1.78. The Hall–Kier alpha value is -0.970. The van der Waals surface area contributed by atoms with Crippen LogP contribution in [0, 0.1) is 0 Å². The Labute approximate surface area is 46.3 Å². The zero-order chi connectivity index (χ0) is 5.82. The number of aromatic amines is 1. The number of H-pyrrole nitrogens is 1. The number of aromatic nitrogens is 4. The molecule has 44 valence electrons. The molecule has 5 nitrogen and oxygen atoms in total. The van der Waals surface area contributed by atoms with Crippen molar-refractivity contribution >= 4 is 0 Å². The molecule has 1 rings (SSSR count). The summed E-state index contributed by atoms with van der Waals surface area (Å²) in [7, 11) is 0. The number of quaternary nitrogens is 1. The van der Waals surface area contributed by atoms with Crippen molar-refractivity contribution < 1.29 is 5.73 Å². The minimum Gasteiger partial charge on any atom is -0.357 e. The van der Waals surface area contributed by atoms with Gasteiger partial charge in [0.15, 0.2) is 5.82 Å². The molecule has 0 saturated carbocycles. The lowest BCUT2D eigenvalue weighted by atomic mass is 10.4. The van der Waals surface area contributed by atoms with Gasteiger partial charge in [-0.3, -0.25) is 0 Å². The third-order valence-corrected chi connectivity index (χ3v) is 0.790. The molecule has 0 bridgehead atoms. The van der Waals surface area contributed by atoms with Gasteiger partial charge >= 0.3 is 0 Å². The van der Waals surface area contributed by atoms with E-state index < -0.39 is 0 Å². The molecule has 5 heteroatoms. The molecule has 0 aromatic carbocycles. The van der Waals surface area contributed by atoms with E-state index in [0.717, 1.165) is 18.8 Å². The first-order valence-corrected chi connectivity index (χ1v) is 2.45. The molecule has 1 heterocycles. The number of rotatable bonds is 2. The van der Waals surface area contributed by atoms with Crippen LogP contribution in [0.15, 0.2) is 0 Å². The minimum atomic E-state index is 0.736. The second-order valence-electron chi connectivity index (χ2n) is 1.43. The van der Waals surface area contributed by atoms with Gasteiger partial charge in [-0.25, -0.2) is 0 Å². The first-order chi connectivity index (χ1) is 3.93. The van der Waals surface area contributed by atoms with Gasteiger partial charge in [0.2, 0.25) is 0 Å². The fourth-order valence-electron chi connectivity index (χ4n) is 0.447. The number of nitrogens with zero attached hydrogens (tertiary/aromatic N) is 3. The molecule has 0 radical (unpaired) electrons. The summed E-state index contributed by atoms with van der Waals surface area (Å²) in [6.45, 7) is 0.819. The zero-order valence-corrected chi connectivity index (χ0v) is 4.46. The Kier molecular flexibility index (Phi) is 1.53. The first-order valence-electron chi connectivity index (χ1n) is 2.45. The molecule has 0 aliphatic heterocycles. The Morgan fingerprint density at radius 3 is 3.00 bits per heavy atom. The van der Waals surface area contributed by atoms with Gasteiger partial charge < -0.3 is 5.73 Å². The Balaban J connectivity index is 2.50. The largest absolute Gasteiger partial charge is 0.357 e. The molecule has 0 saturated heterocycles. The van der Waals surface area contributed by atoms with Crippen LogP contribution < -0.4 is 5.73 Å². The van der Waals surface area contributed by atoms with Crippen molar-refractivity contribution in [1.82, 2.24) is 20.6 Å². The topological polar surface area (TPSA) is 82.1 Å². The zero-order valence-electron chi connectivity index (χ0n) is 4.46. The van der Waals surface area contributed by atoms with Crippen molar-refractivity contribution in [3.63, 3.8) is 0 Å². The molecule has 1 aromatic rings. The standard InChI is InChI=1S/C3H7N5/c4-2-1-3-5-7-8-6-3/h1-2,4H2,(H,5,6,7,8)/p+1. The Morgan fingerprint density at radius 1 is 1.62 bits per heavy atom. The third kappa shape index (κ3) is 1.00. The van der Waals surface area contributed by atoms with E-state index in [2.05, 4.69) is 26.4 Å². The van der Waals surface area contributed by atoms with Crippen LogP contribution >= 0.6 is 0 Å². The number of hydrogen-bond acceptors (Lipinski definition) is 3. The average Bonchev–Trinajstić information content (AvgIpc) is 2.19. The van der Waals surface area contributed by atoms with Crippen molar-refractivity contribution in [3.8, 4) is 0 Å². The van der Waals surface area contributed by atoms with Crippen LogP contribution in [0.1, 0.15) is 5.82 Å². The third-order valence-electron chi connectivity index (χ3n) is 0.790. The van der Waals surface area contributed by atoms with E-state index in [0.29, 0.717) is 0 Å². The average molecular weight is 114 g/mol. The van der Waals surface area contributed by atoms with E-state index in [1.54, 1.807) is 0 Å². The molecule has 0 unspecified atom stereocenters. The van der Waals surface area contributed by atoms with Crippen LogP contribution in [-0.2, 0) is 6.42 Å². The fourth-order valence-corrected chi connectivity index (χ4v) is 0.447. The van der Waals surface area contributed by atoms with Crippen LogP contribution in [0.25, 0.3) is 0 Å². The molecular formula is C3H8N5+. The summed E-state index contributed by atoms with van der Waals surface area (Å²) in [6, 6.07) is 0. The van der Waals surface area contributed by atoms with E-state index in [1.807, 2.05) is 0 Å². The maximum Gasteiger partial charge on any atom is 0.180 e. The second kappa shape index (κ2) is 2.37. The maximum atomic E-state index is 3.72. The summed E-state index contributed by atoms with van der Waals surface area (Å²) < 4.78 is 0. The number of nitrogens with one attached hydrogen (secondary N) is 1. The summed E-state index contributed by atoms with van der Waals surface area (Å²) in [5, 5.41) is 13.2. The summed E-state index contributed by atoms with van der Waals surface area (Å²) in [5.74, 6) is 0.736. The monoisotopic (exact) mass is 114 g/mol. The predicted molar refractivity (Wildman–Crippen MR) is 25.6 cm³/mol. The Morgan fingerprint density at radius 2 is 2.50 bits per heavy atom. The lowest BCUT2D eigenvalue weighted by molar-refractivity contribution is -0.366. The van der Waals surface area contributed by atoms with E-state index in [-0.39, 0.29) is 0 Å². The molecule has 0 amide bonds. The summed E-state index contributed by atoms with van der Waals surface area (Å²) in [4.78, 5) is 0. The van der Waals surface area contributed by atoms with Gasteiger partial charge in [-0.1, -0.05) is 5.21 Å². The molecule has 0 aliphatic carbocycles. The molecule has 4 N–H and O–H groups in total. The lowest BCUT2D eigenvalue weighted by Gasteiger charge is -1.79. The predicted octanol–water partition coefficient (Wildman–Crippen LogP) is -2.02. The van der Waals surface area contributed by atoms with Crippen LogP contribution in [0.4, 0.5) is 0 Å². The van der Waals surface area contributed by atoms with Gasteiger partial charge in [-0.05, 0) is 0 Å². The summed E-state index contributed by atoms with van der Waals surface area (Å²) in [6.07, 6.45) is 0.802. The molecule has 0 spiro atoms. The minimum absolute atomic E-state index is 0.736. The van der Waals surface area contributed by atoms with E-state index in [4.69, 9.17) is 0 Å². The van der Waals surface area contributed by atoms with Crippen molar-refractivity contribution in [1.29, 1.82) is 0 Å². The van der Waals surface area contributed by atoms with Crippen LogP contribution in [0.2, 0.25) is 0 Å². The lowest BCUT2D eigenvalue weighted by Crippen LogP contribution is -2.51. The molecule has 8 heavy (non-hydrogen) atoms. The van der Waals surface area contributed by atoms with Crippen molar-refractivity contribution in [3.05, 3.63) is 5.82 Å². The smallest absolute Gasteiger partial charge is 0.180 e. The fraction of sp³-hybridized carbons (Fsp3) is 0.667. The SMILES string of the molecule is [NH3+]CCc1nn[nH]n1. The van der Waals surface area contributed by atoms with Gasteiger partial charge in [-0.15, -0.1) is 10.2 Å². The first kappa shape index (κ1) is 5.17. The summed E-state index contributed by atoms with van der Waals surface area (Å²) in [5.41, 5.74) is 3.64. The van der Waals surface area contributed by atoms with Gasteiger partial charge in [0, 0.05) is 0 Å². The van der Waals surface area contributed by atoms with Crippen molar-refractivity contribution in [2.75, 3.05) is 6.54 Å². The normalized spacial score (nSPS) is 9.62. The van der Waals surface area contributed by atoms with Crippen LogP contribution in [0.3, 0.4) is 0 Å². The molecule has 0 atom stereocenters.